The zero-order valence-corrected chi connectivity index (χ0v) is 14.9. The Morgan fingerprint density at radius 2 is 1.74 bits per heavy atom. The van der Waals surface area contributed by atoms with Gasteiger partial charge in [-0.05, 0) is 30.3 Å². The zero-order valence-electron chi connectivity index (χ0n) is 14.9. The van der Waals surface area contributed by atoms with E-state index in [1.807, 2.05) is 24.3 Å². The number of aliphatic hydroxyl groups excluding tert-OH is 1. The Labute approximate surface area is 155 Å². The van der Waals surface area contributed by atoms with Crippen molar-refractivity contribution in [2.45, 2.75) is 0 Å². The molecule has 0 atom stereocenters. The number of rotatable bonds is 2. The van der Waals surface area contributed by atoms with Crippen LogP contribution in [0.25, 0.3) is 33.4 Å². The molecule has 1 aliphatic carbocycles. The van der Waals surface area contributed by atoms with Gasteiger partial charge in [0.2, 0.25) is 0 Å². The Hall–Kier alpha value is -3.60. The van der Waals surface area contributed by atoms with Crippen molar-refractivity contribution in [3.8, 4) is 28.2 Å². The number of aliphatic hydroxyl groups is 1. The minimum atomic E-state index is -0.160. The van der Waals surface area contributed by atoms with Gasteiger partial charge in [-0.1, -0.05) is 18.2 Å². The maximum absolute atomic E-state index is 11.8. The van der Waals surface area contributed by atoms with Crippen LogP contribution in [0, 0.1) is 0 Å². The molecule has 1 aliphatic heterocycles. The number of phenolic OH excluding ortho intramolecular Hbond substituents is 1. The average Bonchev–Trinajstić information content (AvgIpc) is 2.65. The first-order chi connectivity index (χ1) is 13.0. The maximum Gasteiger partial charge on any atom is 0.367 e. The lowest BCUT2D eigenvalue weighted by Crippen LogP contribution is -2.15. The first-order valence-corrected chi connectivity index (χ1v) is 8.48. The van der Waals surface area contributed by atoms with Crippen LogP contribution in [-0.4, -0.2) is 34.8 Å². The Morgan fingerprint density at radius 3 is 2.52 bits per heavy atom. The topological polar surface area (TPSA) is 73.7 Å². The third-order valence-electron chi connectivity index (χ3n) is 4.54. The van der Waals surface area contributed by atoms with Crippen LogP contribution in [0.2, 0.25) is 0 Å². The Kier molecular flexibility index (Phi) is 3.92. The molecule has 2 aliphatic rings. The van der Waals surface area contributed by atoms with Gasteiger partial charge < -0.3 is 14.6 Å². The predicted octanol–water partition coefficient (Wildman–Crippen LogP) is 3.85. The highest BCUT2D eigenvalue weighted by molar-refractivity contribution is 6.07. The first-order valence-electron chi connectivity index (χ1n) is 8.48. The number of aromatic hydroxyl groups is 1. The standard InChI is InChI=1S/C22H17NO4/c1-23(2)22(26)16-6-4-3-5-15(16)21-17-9-7-13(24)11-19(17)27-20-12-14(25)8-10-18(20)21/h3-12H,1-2H3,(H,24,25)/p+1. The van der Waals surface area contributed by atoms with E-state index < -0.39 is 0 Å². The van der Waals surface area contributed by atoms with Crippen molar-refractivity contribution in [2.75, 3.05) is 14.1 Å². The summed E-state index contributed by atoms with van der Waals surface area (Å²) in [6.07, 6.45) is 0. The lowest BCUT2D eigenvalue weighted by Gasteiger charge is -2.16. The van der Waals surface area contributed by atoms with E-state index in [1.165, 1.54) is 18.2 Å². The molecular formula is C22H18NO4+. The van der Waals surface area contributed by atoms with Crippen LogP contribution in [-0.2, 0) is 0 Å². The largest absolute Gasteiger partial charge is 0.508 e. The van der Waals surface area contributed by atoms with Crippen LogP contribution in [0.1, 0.15) is 5.56 Å². The summed E-state index contributed by atoms with van der Waals surface area (Å²) in [7, 11) is 3.54. The summed E-state index contributed by atoms with van der Waals surface area (Å²) in [4.78, 5) is 11.8. The quantitative estimate of drug-likeness (QED) is 0.246. The van der Waals surface area contributed by atoms with Crippen LogP contribution in [0.3, 0.4) is 0 Å². The SMILES string of the molecule is C[N+](C)=C(O)c1ccccc1-c1c2ccc(=O)cc-2oc2cc(O)ccc12. The van der Waals surface area contributed by atoms with Gasteiger partial charge in [-0.15, -0.1) is 0 Å². The lowest BCUT2D eigenvalue weighted by atomic mass is 9.90. The molecule has 4 rings (SSSR count). The summed E-state index contributed by atoms with van der Waals surface area (Å²) in [5, 5.41) is 21.2. The number of hydrogen-bond acceptors (Lipinski definition) is 3. The van der Waals surface area contributed by atoms with Crippen LogP contribution in [0.15, 0.2) is 69.9 Å². The van der Waals surface area contributed by atoms with Gasteiger partial charge in [-0.2, -0.15) is 0 Å². The summed E-state index contributed by atoms with van der Waals surface area (Å²) < 4.78 is 7.52. The van der Waals surface area contributed by atoms with Crippen LogP contribution < -0.4 is 5.43 Å². The summed E-state index contributed by atoms with van der Waals surface area (Å²) >= 11 is 0. The van der Waals surface area contributed by atoms with E-state index in [-0.39, 0.29) is 17.1 Å². The number of hydrogen-bond donors (Lipinski definition) is 2. The maximum atomic E-state index is 11.8. The van der Waals surface area contributed by atoms with E-state index in [0.717, 1.165) is 22.1 Å². The smallest absolute Gasteiger partial charge is 0.367 e. The molecule has 0 spiro atoms. The monoisotopic (exact) mass is 360 g/mol. The van der Waals surface area contributed by atoms with E-state index >= 15 is 0 Å². The van der Waals surface area contributed by atoms with Crippen molar-refractivity contribution in [1.82, 2.24) is 0 Å². The van der Waals surface area contributed by atoms with Gasteiger partial charge in [0.25, 0.3) is 0 Å². The van der Waals surface area contributed by atoms with Gasteiger partial charge in [-0.25, -0.2) is 4.58 Å². The van der Waals surface area contributed by atoms with E-state index in [2.05, 4.69) is 0 Å². The molecule has 0 saturated heterocycles. The van der Waals surface area contributed by atoms with E-state index in [4.69, 9.17) is 4.42 Å². The molecule has 0 aromatic heterocycles. The highest BCUT2D eigenvalue weighted by atomic mass is 16.3. The molecule has 27 heavy (non-hydrogen) atoms. The number of phenols is 1. The second kappa shape index (κ2) is 6.29. The van der Waals surface area contributed by atoms with Crippen molar-refractivity contribution in [1.29, 1.82) is 0 Å². The van der Waals surface area contributed by atoms with Crippen molar-refractivity contribution >= 4 is 16.9 Å². The molecule has 0 radical (unpaired) electrons. The fraction of sp³-hybridized carbons (Fsp3) is 0.0909. The molecule has 0 saturated carbocycles. The Bertz CT molecular complexity index is 1230. The molecule has 2 aromatic rings. The van der Waals surface area contributed by atoms with Gasteiger partial charge in [0, 0.05) is 34.2 Å². The van der Waals surface area contributed by atoms with Gasteiger partial charge in [0.1, 0.15) is 31.2 Å². The van der Waals surface area contributed by atoms with Crippen LogP contribution in [0.4, 0.5) is 0 Å². The molecule has 0 unspecified atom stereocenters. The fourth-order valence-corrected chi connectivity index (χ4v) is 3.29. The Balaban J connectivity index is 2.20. The van der Waals surface area contributed by atoms with Crippen molar-refractivity contribution in [3.05, 3.63) is 76.5 Å². The van der Waals surface area contributed by atoms with Gasteiger partial charge in [0.05, 0.1) is 5.56 Å². The predicted molar refractivity (Wildman–Crippen MR) is 105 cm³/mol. The third-order valence-corrected chi connectivity index (χ3v) is 4.54. The molecule has 0 bridgehead atoms. The summed E-state index contributed by atoms with van der Waals surface area (Å²) in [6.45, 7) is 0. The van der Waals surface area contributed by atoms with E-state index in [0.29, 0.717) is 16.9 Å². The summed E-state index contributed by atoms with van der Waals surface area (Å²) in [6, 6.07) is 17.1. The van der Waals surface area contributed by atoms with Crippen molar-refractivity contribution in [2.24, 2.45) is 0 Å². The molecule has 2 N–H and O–H groups in total. The zero-order chi connectivity index (χ0) is 19.1. The van der Waals surface area contributed by atoms with Crippen molar-refractivity contribution < 1.29 is 19.2 Å². The van der Waals surface area contributed by atoms with Crippen molar-refractivity contribution in [3.63, 3.8) is 0 Å². The van der Waals surface area contributed by atoms with Crippen LogP contribution in [0.5, 0.6) is 5.75 Å². The molecule has 5 heteroatoms. The normalized spacial score (nSPS) is 11.0. The second-order valence-corrected chi connectivity index (χ2v) is 6.58. The van der Waals surface area contributed by atoms with Gasteiger partial charge >= 0.3 is 5.90 Å². The Morgan fingerprint density at radius 1 is 0.963 bits per heavy atom. The van der Waals surface area contributed by atoms with Gasteiger partial charge in [-0.3, -0.25) is 4.79 Å². The first kappa shape index (κ1) is 16.8. The minimum absolute atomic E-state index is 0.0748. The molecule has 1 heterocycles. The van der Waals surface area contributed by atoms with Gasteiger partial charge in [0.15, 0.2) is 5.43 Å². The highest BCUT2D eigenvalue weighted by Crippen LogP contribution is 2.41. The molecular weight excluding hydrogens is 342 g/mol. The fourth-order valence-electron chi connectivity index (χ4n) is 3.29. The summed E-state index contributed by atoms with van der Waals surface area (Å²) in [5.74, 6) is 0.632. The number of fused-ring (bicyclic) bond motifs is 2. The number of nitrogens with zero attached hydrogens (tertiary/aromatic N) is 1. The molecule has 134 valence electrons. The minimum Gasteiger partial charge on any atom is -0.508 e. The van der Waals surface area contributed by atoms with Crippen LogP contribution >= 0.6 is 0 Å². The number of benzene rings is 3. The molecule has 5 nitrogen and oxygen atoms in total. The highest BCUT2D eigenvalue weighted by Gasteiger charge is 2.23. The molecule has 2 aromatic carbocycles. The lowest BCUT2D eigenvalue weighted by molar-refractivity contribution is -0.472. The molecule has 0 amide bonds. The molecule has 0 fully saturated rings. The van der Waals surface area contributed by atoms with E-state index in [1.54, 1.807) is 36.9 Å². The second-order valence-electron chi connectivity index (χ2n) is 6.58. The van der Waals surface area contributed by atoms with E-state index in [9.17, 15) is 15.0 Å². The summed E-state index contributed by atoms with van der Waals surface area (Å²) in [5.41, 5.74) is 3.35. The average molecular weight is 360 g/mol. The third kappa shape index (κ3) is 2.83.